The lowest BCUT2D eigenvalue weighted by Gasteiger charge is -2.19. The van der Waals surface area contributed by atoms with Gasteiger partial charge in [0.25, 0.3) is 0 Å². The number of methoxy groups -OCH3 is 1. The van der Waals surface area contributed by atoms with Crippen molar-refractivity contribution in [1.82, 2.24) is 5.32 Å². The van der Waals surface area contributed by atoms with Crippen molar-refractivity contribution >= 4 is 5.91 Å². The molecule has 68 valence electrons. The summed E-state index contributed by atoms with van der Waals surface area (Å²) < 4.78 is 4.75. The van der Waals surface area contributed by atoms with Gasteiger partial charge in [-0.15, -0.1) is 6.42 Å². The summed E-state index contributed by atoms with van der Waals surface area (Å²) in [5.41, 5.74) is -0.565. The molecule has 0 heterocycles. The third-order valence-electron chi connectivity index (χ3n) is 1.35. The molecular formula is C9H15NO2. The van der Waals surface area contributed by atoms with Gasteiger partial charge in [-0.1, -0.05) is 5.92 Å². The molecule has 1 amide bonds. The maximum atomic E-state index is 11.1. The summed E-state index contributed by atoms with van der Waals surface area (Å²) in [6, 6.07) is 0. The van der Waals surface area contributed by atoms with Crippen molar-refractivity contribution in [1.29, 1.82) is 0 Å². The maximum Gasteiger partial charge on any atom is 0.223 e. The van der Waals surface area contributed by atoms with E-state index in [9.17, 15) is 4.79 Å². The van der Waals surface area contributed by atoms with E-state index in [0.717, 1.165) is 0 Å². The van der Waals surface area contributed by atoms with E-state index >= 15 is 0 Å². The van der Waals surface area contributed by atoms with Crippen molar-refractivity contribution < 1.29 is 9.53 Å². The Labute approximate surface area is 73.5 Å². The number of carbonyl (C=O) groups excluding carboxylic acids is 1. The van der Waals surface area contributed by atoms with Gasteiger partial charge in [-0.3, -0.25) is 4.79 Å². The zero-order chi connectivity index (χ0) is 9.61. The molecule has 0 aliphatic heterocycles. The summed E-state index contributed by atoms with van der Waals surface area (Å²) in [5.74, 6) is 2.39. The van der Waals surface area contributed by atoms with Crippen LogP contribution >= 0.6 is 0 Å². The molecular weight excluding hydrogens is 154 g/mol. The molecule has 0 aliphatic rings. The Bertz CT molecular complexity index is 191. The van der Waals surface area contributed by atoms with Crippen LogP contribution in [0.25, 0.3) is 0 Å². The lowest BCUT2D eigenvalue weighted by Crippen LogP contribution is -2.42. The number of nitrogens with one attached hydrogen (secondary N) is 1. The lowest BCUT2D eigenvalue weighted by molar-refractivity contribution is -0.123. The van der Waals surface area contributed by atoms with Crippen LogP contribution < -0.4 is 5.32 Å². The quantitative estimate of drug-likeness (QED) is 0.624. The van der Waals surface area contributed by atoms with E-state index in [2.05, 4.69) is 11.2 Å². The highest BCUT2D eigenvalue weighted by Gasteiger charge is 2.15. The molecule has 0 radical (unpaired) electrons. The normalized spacial score (nSPS) is 10.5. The topological polar surface area (TPSA) is 38.3 Å². The molecule has 0 unspecified atom stereocenters. The van der Waals surface area contributed by atoms with Crippen molar-refractivity contribution in [3.05, 3.63) is 0 Å². The third kappa shape index (κ3) is 4.75. The van der Waals surface area contributed by atoms with E-state index in [1.807, 2.05) is 0 Å². The number of rotatable bonds is 4. The van der Waals surface area contributed by atoms with Crippen molar-refractivity contribution in [3.8, 4) is 12.3 Å². The summed E-state index contributed by atoms with van der Waals surface area (Å²) >= 11 is 0. The highest BCUT2D eigenvalue weighted by molar-refractivity contribution is 5.77. The van der Waals surface area contributed by atoms with Crippen LogP contribution in [0.5, 0.6) is 0 Å². The summed E-state index contributed by atoms with van der Waals surface area (Å²) in [6.45, 7) is 3.97. The summed E-state index contributed by atoms with van der Waals surface area (Å²) in [6.07, 6.45) is 5.54. The van der Waals surface area contributed by atoms with Gasteiger partial charge >= 0.3 is 0 Å². The van der Waals surface area contributed by atoms with Gasteiger partial charge in [-0.25, -0.2) is 0 Å². The smallest absolute Gasteiger partial charge is 0.223 e. The van der Waals surface area contributed by atoms with Crippen LogP contribution in [0.2, 0.25) is 0 Å². The third-order valence-corrected chi connectivity index (χ3v) is 1.35. The fraction of sp³-hybridized carbons (Fsp3) is 0.667. The monoisotopic (exact) mass is 169 g/mol. The molecule has 0 aromatic carbocycles. The molecule has 0 fully saturated rings. The fourth-order valence-corrected chi connectivity index (χ4v) is 0.642. The minimum atomic E-state index is -0.565. The molecule has 0 aliphatic carbocycles. The second-order valence-electron chi connectivity index (χ2n) is 3.06. The molecule has 12 heavy (non-hydrogen) atoms. The number of carbonyl (C=O) groups is 1. The predicted molar refractivity (Wildman–Crippen MR) is 47.5 cm³/mol. The predicted octanol–water partition coefficient (Wildman–Crippen LogP) is 0.551. The second kappa shape index (κ2) is 4.78. The van der Waals surface area contributed by atoms with Gasteiger partial charge < -0.3 is 10.1 Å². The highest BCUT2D eigenvalue weighted by Crippen LogP contribution is 1.98. The molecule has 0 atom stereocenters. The molecule has 0 aromatic heterocycles. The van der Waals surface area contributed by atoms with Gasteiger partial charge in [0.15, 0.2) is 0 Å². The zero-order valence-electron chi connectivity index (χ0n) is 7.81. The lowest BCUT2D eigenvalue weighted by atomic mass is 10.1. The Balaban J connectivity index is 3.78. The molecule has 3 heteroatoms. The van der Waals surface area contributed by atoms with Crippen molar-refractivity contribution in [3.63, 3.8) is 0 Å². The minimum absolute atomic E-state index is 0.0835. The molecule has 0 saturated carbocycles. The van der Waals surface area contributed by atoms with Gasteiger partial charge in [0.1, 0.15) is 0 Å². The van der Waals surface area contributed by atoms with E-state index < -0.39 is 5.54 Å². The molecule has 0 spiro atoms. The van der Waals surface area contributed by atoms with Crippen LogP contribution in [0.1, 0.15) is 20.3 Å². The summed E-state index contributed by atoms with van der Waals surface area (Å²) in [7, 11) is 1.56. The van der Waals surface area contributed by atoms with Gasteiger partial charge in [-0.2, -0.15) is 0 Å². The second-order valence-corrected chi connectivity index (χ2v) is 3.06. The first-order valence-electron chi connectivity index (χ1n) is 3.79. The van der Waals surface area contributed by atoms with Crippen molar-refractivity contribution in [2.45, 2.75) is 25.8 Å². The van der Waals surface area contributed by atoms with E-state index in [0.29, 0.717) is 13.0 Å². The largest absolute Gasteiger partial charge is 0.384 e. The van der Waals surface area contributed by atoms with Gasteiger partial charge in [0.05, 0.1) is 12.1 Å². The number of hydrogen-bond donors (Lipinski definition) is 1. The summed E-state index contributed by atoms with van der Waals surface area (Å²) in [4.78, 5) is 11.1. The van der Waals surface area contributed by atoms with Crippen molar-refractivity contribution in [2.75, 3.05) is 13.7 Å². The molecule has 3 nitrogen and oxygen atoms in total. The Morgan fingerprint density at radius 1 is 1.67 bits per heavy atom. The van der Waals surface area contributed by atoms with Crippen LogP contribution in [0.3, 0.4) is 0 Å². The summed E-state index contributed by atoms with van der Waals surface area (Å²) in [5, 5.41) is 2.69. The number of ether oxygens (including phenoxy) is 1. The Morgan fingerprint density at radius 2 is 2.25 bits per heavy atom. The first-order chi connectivity index (χ1) is 5.52. The first kappa shape index (κ1) is 11.0. The van der Waals surface area contributed by atoms with E-state index in [1.165, 1.54) is 0 Å². The Morgan fingerprint density at radius 3 is 2.67 bits per heavy atom. The fourth-order valence-electron chi connectivity index (χ4n) is 0.642. The standard InChI is InChI=1S/C9H15NO2/c1-5-9(2,3)10-8(11)6-7-12-4/h1H,6-7H2,2-4H3,(H,10,11). The minimum Gasteiger partial charge on any atom is -0.384 e. The van der Waals surface area contributed by atoms with E-state index in [1.54, 1.807) is 21.0 Å². The Kier molecular flexibility index (Phi) is 4.38. The molecule has 0 aromatic rings. The number of hydrogen-bond acceptors (Lipinski definition) is 2. The average Bonchev–Trinajstić information content (AvgIpc) is 2.00. The first-order valence-corrected chi connectivity index (χ1v) is 3.79. The SMILES string of the molecule is C#CC(C)(C)NC(=O)CCOC. The van der Waals surface area contributed by atoms with Gasteiger partial charge in [-0.05, 0) is 13.8 Å². The van der Waals surface area contributed by atoms with Crippen LogP contribution in [-0.2, 0) is 9.53 Å². The van der Waals surface area contributed by atoms with Crippen LogP contribution in [-0.4, -0.2) is 25.2 Å². The van der Waals surface area contributed by atoms with E-state index in [4.69, 9.17) is 11.2 Å². The molecule has 1 N–H and O–H groups in total. The van der Waals surface area contributed by atoms with Crippen LogP contribution in [0.4, 0.5) is 0 Å². The molecule has 0 bridgehead atoms. The maximum absolute atomic E-state index is 11.1. The number of terminal acetylenes is 1. The number of amides is 1. The van der Waals surface area contributed by atoms with Gasteiger partial charge in [0, 0.05) is 13.5 Å². The Hall–Kier alpha value is -1.01. The zero-order valence-corrected chi connectivity index (χ0v) is 7.81. The average molecular weight is 169 g/mol. The van der Waals surface area contributed by atoms with Crippen LogP contribution in [0.15, 0.2) is 0 Å². The van der Waals surface area contributed by atoms with Crippen LogP contribution in [0, 0.1) is 12.3 Å². The molecule has 0 rings (SSSR count). The van der Waals surface area contributed by atoms with Crippen molar-refractivity contribution in [2.24, 2.45) is 0 Å². The highest BCUT2D eigenvalue weighted by atomic mass is 16.5. The van der Waals surface area contributed by atoms with Gasteiger partial charge in [0.2, 0.25) is 5.91 Å². The van der Waals surface area contributed by atoms with E-state index in [-0.39, 0.29) is 5.91 Å². The molecule has 0 saturated heterocycles.